The maximum Gasteiger partial charge on any atom is 0.138 e. The zero-order valence-electron chi connectivity index (χ0n) is 24.6. The zero-order chi connectivity index (χ0) is 31.0. The first-order valence-corrected chi connectivity index (χ1v) is 14.8. The molecule has 0 unspecified atom stereocenters. The van der Waals surface area contributed by atoms with Crippen molar-refractivity contribution in [1.82, 2.24) is 19.9 Å². The van der Waals surface area contributed by atoms with E-state index < -0.39 is 0 Å². The number of para-hydroxylation sites is 4. The Labute approximate surface area is 264 Å². The maximum atomic E-state index is 6.41. The summed E-state index contributed by atoms with van der Waals surface area (Å²) in [6, 6.07) is 42.7. The number of H-pyrrole nitrogens is 2. The first-order valence-electron chi connectivity index (χ1n) is 14.8. The van der Waals surface area contributed by atoms with E-state index in [1.807, 2.05) is 133 Å². The van der Waals surface area contributed by atoms with Crippen molar-refractivity contribution in [3.63, 3.8) is 0 Å². The normalized spacial score (nSPS) is 11.2. The Kier molecular flexibility index (Phi) is 6.58. The Hall–Kier alpha value is -6.54. The van der Waals surface area contributed by atoms with Gasteiger partial charge in [-0.05, 0) is 97.1 Å². The smallest absolute Gasteiger partial charge is 0.138 e. The summed E-state index contributed by atoms with van der Waals surface area (Å²) in [5, 5.41) is 0. The van der Waals surface area contributed by atoms with Crippen molar-refractivity contribution in [1.29, 1.82) is 0 Å². The highest BCUT2D eigenvalue weighted by Crippen LogP contribution is 2.42. The molecule has 8 rings (SSSR count). The van der Waals surface area contributed by atoms with Gasteiger partial charge in [0.2, 0.25) is 0 Å². The Morgan fingerprint density at radius 2 is 0.870 bits per heavy atom. The largest absolute Gasteiger partial charge is 0.457 e. The van der Waals surface area contributed by atoms with Crippen LogP contribution < -0.4 is 20.9 Å². The van der Waals surface area contributed by atoms with Crippen LogP contribution in [-0.2, 0) is 0 Å². The first-order chi connectivity index (χ1) is 22.6. The average Bonchev–Trinajstić information content (AvgIpc) is 3.71. The molecule has 0 saturated carbocycles. The van der Waals surface area contributed by atoms with Crippen LogP contribution >= 0.6 is 0 Å². The van der Waals surface area contributed by atoms with Crippen LogP contribution in [0.25, 0.3) is 56.0 Å². The number of anilines is 2. The summed E-state index contributed by atoms with van der Waals surface area (Å²) >= 11 is 0. The highest BCUT2D eigenvalue weighted by molar-refractivity contribution is 5.82. The number of aromatic nitrogens is 4. The third kappa shape index (κ3) is 5.24. The van der Waals surface area contributed by atoms with E-state index >= 15 is 0 Å². The predicted octanol–water partition coefficient (Wildman–Crippen LogP) is 9.19. The molecule has 2 aromatic heterocycles. The van der Waals surface area contributed by atoms with Gasteiger partial charge in [0.25, 0.3) is 0 Å². The molecule has 0 aliphatic carbocycles. The fraction of sp³-hybridized carbons (Fsp3) is 0. The van der Waals surface area contributed by atoms with Crippen LogP contribution in [0.15, 0.2) is 133 Å². The third-order valence-corrected chi connectivity index (χ3v) is 7.79. The van der Waals surface area contributed by atoms with Crippen molar-refractivity contribution in [2.75, 3.05) is 11.5 Å². The number of rotatable bonds is 7. The molecule has 0 aliphatic rings. The number of hydrogen-bond donors (Lipinski definition) is 4. The van der Waals surface area contributed by atoms with E-state index in [1.54, 1.807) is 0 Å². The molecule has 0 saturated heterocycles. The highest BCUT2D eigenvalue weighted by atomic mass is 16.5. The number of aromatic amines is 2. The van der Waals surface area contributed by atoms with Crippen LogP contribution in [0, 0.1) is 0 Å². The Morgan fingerprint density at radius 3 is 1.28 bits per heavy atom. The minimum absolute atomic E-state index is 0.580. The molecule has 8 aromatic rings. The molecule has 8 heteroatoms. The lowest BCUT2D eigenvalue weighted by Crippen LogP contribution is -1.95. The number of nitrogens with two attached hydrogens (primary N) is 2. The molecule has 6 aromatic carbocycles. The molecule has 222 valence electrons. The molecule has 46 heavy (non-hydrogen) atoms. The summed E-state index contributed by atoms with van der Waals surface area (Å²) in [7, 11) is 0. The van der Waals surface area contributed by atoms with E-state index in [9.17, 15) is 0 Å². The summed E-state index contributed by atoms with van der Waals surface area (Å²) in [5.74, 6) is 4.09. The van der Waals surface area contributed by atoms with Crippen LogP contribution in [-0.4, -0.2) is 19.9 Å². The zero-order valence-corrected chi connectivity index (χ0v) is 24.6. The fourth-order valence-corrected chi connectivity index (χ4v) is 5.49. The summed E-state index contributed by atoms with van der Waals surface area (Å²) in [4.78, 5) is 16.1. The Morgan fingerprint density at radius 1 is 0.457 bits per heavy atom. The molecule has 0 radical (unpaired) electrons. The SMILES string of the molecule is Nc1ccc(-c2ccc(N)cc2Oc2ccc(-c3nc4ccccc4[nH]3)cc2)c(Oc2ccc(-c3nc4ccccc4[nH]3)cc2)c1. The minimum atomic E-state index is 0.580. The Bertz CT molecular complexity index is 2110. The van der Waals surface area contributed by atoms with Gasteiger partial charge in [-0.25, -0.2) is 9.97 Å². The summed E-state index contributed by atoms with van der Waals surface area (Å²) < 4.78 is 12.8. The van der Waals surface area contributed by atoms with Crippen molar-refractivity contribution in [3.8, 4) is 56.9 Å². The van der Waals surface area contributed by atoms with Crippen molar-refractivity contribution < 1.29 is 9.47 Å². The lowest BCUT2D eigenvalue weighted by atomic mass is 10.0. The van der Waals surface area contributed by atoms with Crippen LogP contribution in [0.2, 0.25) is 0 Å². The van der Waals surface area contributed by atoms with Crippen LogP contribution in [0.4, 0.5) is 11.4 Å². The molecule has 8 nitrogen and oxygen atoms in total. The molecule has 0 amide bonds. The van der Waals surface area contributed by atoms with Crippen molar-refractivity contribution in [3.05, 3.63) is 133 Å². The second kappa shape index (κ2) is 11.2. The minimum Gasteiger partial charge on any atom is -0.457 e. The van der Waals surface area contributed by atoms with Gasteiger partial charge in [-0.1, -0.05) is 24.3 Å². The van der Waals surface area contributed by atoms with E-state index in [2.05, 4.69) is 9.97 Å². The summed E-state index contributed by atoms with van der Waals surface area (Å²) in [6.07, 6.45) is 0. The molecule has 2 heterocycles. The van der Waals surface area contributed by atoms with Crippen molar-refractivity contribution in [2.45, 2.75) is 0 Å². The van der Waals surface area contributed by atoms with Gasteiger partial charge >= 0.3 is 0 Å². The molecular weight excluding hydrogens is 572 g/mol. The molecule has 0 aliphatic heterocycles. The molecule has 6 N–H and O–H groups in total. The van der Waals surface area contributed by atoms with E-state index in [-0.39, 0.29) is 0 Å². The van der Waals surface area contributed by atoms with E-state index in [0.29, 0.717) is 34.4 Å². The van der Waals surface area contributed by atoms with Gasteiger partial charge in [-0.2, -0.15) is 0 Å². The third-order valence-electron chi connectivity index (χ3n) is 7.79. The molecule has 0 fully saturated rings. The molecular formula is C38H28N6O2. The monoisotopic (exact) mass is 600 g/mol. The van der Waals surface area contributed by atoms with Gasteiger partial charge in [0.05, 0.1) is 22.1 Å². The Balaban J connectivity index is 1.07. The average molecular weight is 601 g/mol. The lowest BCUT2D eigenvalue weighted by molar-refractivity contribution is 0.477. The molecule has 0 bridgehead atoms. The number of nitrogens with one attached hydrogen (secondary N) is 2. The van der Waals surface area contributed by atoms with E-state index in [4.69, 9.17) is 30.9 Å². The van der Waals surface area contributed by atoms with Crippen molar-refractivity contribution >= 4 is 33.4 Å². The highest BCUT2D eigenvalue weighted by Gasteiger charge is 2.16. The number of imidazole rings is 2. The van der Waals surface area contributed by atoms with Gasteiger partial charge in [0.15, 0.2) is 0 Å². The van der Waals surface area contributed by atoms with Gasteiger partial charge in [-0.15, -0.1) is 0 Å². The van der Waals surface area contributed by atoms with Crippen LogP contribution in [0.1, 0.15) is 0 Å². The second-order valence-electron chi connectivity index (χ2n) is 11.0. The standard InChI is InChI=1S/C38H28N6O2/c39-25-13-19-29(35(21-25)45-27-15-9-23(10-16-27)37-41-31-5-1-2-6-32(31)42-37)30-20-14-26(40)22-36(30)46-28-17-11-24(12-18-28)38-43-33-7-3-4-8-34(33)44-38/h1-22H,39-40H2,(H,41,42)(H,43,44). The number of hydrogen-bond acceptors (Lipinski definition) is 6. The number of benzene rings is 6. The molecule has 0 atom stereocenters. The van der Waals surface area contributed by atoms with Crippen LogP contribution in [0.3, 0.4) is 0 Å². The van der Waals surface area contributed by atoms with Gasteiger partial charge in [0.1, 0.15) is 34.6 Å². The quantitative estimate of drug-likeness (QED) is 0.135. The molecule has 0 spiro atoms. The fourth-order valence-electron chi connectivity index (χ4n) is 5.49. The number of nitrogen functional groups attached to an aromatic ring is 2. The van der Waals surface area contributed by atoms with Gasteiger partial charge in [-0.3, -0.25) is 0 Å². The number of nitrogens with zero attached hydrogens (tertiary/aromatic N) is 2. The van der Waals surface area contributed by atoms with Crippen LogP contribution in [0.5, 0.6) is 23.0 Å². The summed E-state index contributed by atoms with van der Waals surface area (Å²) in [5.41, 5.74) is 21.0. The predicted molar refractivity (Wildman–Crippen MR) is 184 cm³/mol. The summed E-state index contributed by atoms with van der Waals surface area (Å²) in [6.45, 7) is 0. The number of ether oxygens (including phenoxy) is 2. The van der Waals surface area contributed by atoms with Gasteiger partial charge < -0.3 is 30.9 Å². The lowest BCUT2D eigenvalue weighted by Gasteiger charge is -2.16. The van der Waals surface area contributed by atoms with E-state index in [1.165, 1.54) is 0 Å². The maximum absolute atomic E-state index is 6.41. The van der Waals surface area contributed by atoms with E-state index in [0.717, 1.165) is 56.0 Å². The topological polar surface area (TPSA) is 128 Å². The first kappa shape index (κ1) is 27.0. The second-order valence-corrected chi connectivity index (χ2v) is 11.0. The van der Waals surface area contributed by atoms with Crippen molar-refractivity contribution in [2.24, 2.45) is 0 Å². The van der Waals surface area contributed by atoms with Gasteiger partial charge in [0, 0.05) is 45.8 Å². The number of fused-ring (bicyclic) bond motifs is 2.